The molecule has 11 heteroatoms. The van der Waals surface area contributed by atoms with Crippen molar-refractivity contribution in [2.75, 3.05) is 6.61 Å². The minimum atomic E-state index is -4.82. The van der Waals surface area contributed by atoms with Gasteiger partial charge < -0.3 is 9.84 Å². The number of alkyl halides is 3. The number of ether oxygens (including phenoxy) is 1. The van der Waals surface area contributed by atoms with Crippen LogP contribution in [-0.4, -0.2) is 28.8 Å². The van der Waals surface area contributed by atoms with Crippen molar-refractivity contribution >= 4 is 11.7 Å². The maximum absolute atomic E-state index is 12.8. The number of carboxylic acid groups (broad SMARTS) is 1. The number of carboxylic acids is 1. The Morgan fingerprint density at radius 1 is 1.43 bits per heavy atom. The summed E-state index contributed by atoms with van der Waals surface area (Å²) in [6, 6.07) is 2.40. The lowest BCUT2D eigenvalue weighted by atomic mass is 10.0. The van der Waals surface area contributed by atoms with Gasteiger partial charge in [0.25, 0.3) is 0 Å². The van der Waals surface area contributed by atoms with Gasteiger partial charge in [-0.1, -0.05) is 0 Å². The molecule has 1 heterocycles. The van der Waals surface area contributed by atoms with Gasteiger partial charge in [0.2, 0.25) is 0 Å². The fourth-order valence-corrected chi connectivity index (χ4v) is 1.58. The van der Waals surface area contributed by atoms with Crippen LogP contribution in [0.15, 0.2) is 28.4 Å². The Hall–Kier alpha value is -2.72. The van der Waals surface area contributed by atoms with E-state index < -0.39 is 46.3 Å². The first-order valence-corrected chi connectivity index (χ1v) is 5.32. The summed E-state index contributed by atoms with van der Waals surface area (Å²) in [5, 5.41) is 25.1. The molecule has 21 heavy (non-hydrogen) atoms. The number of halogens is 3. The third kappa shape index (κ3) is 2.61. The van der Waals surface area contributed by atoms with E-state index in [1.54, 1.807) is 0 Å². The first-order chi connectivity index (χ1) is 9.67. The van der Waals surface area contributed by atoms with Crippen LogP contribution in [-0.2, 0) is 10.5 Å². The predicted octanol–water partition coefficient (Wildman–Crippen LogP) is 2.24. The summed E-state index contributed by atoms with van der Waals surface area (Å²) in [7, 11) is 0. The minimum Gasteiger partial charge on any atom is -0.479 e. The van der Waals surface area contributed by atoms with Crippen molar-refractivity contribution in [3.8, 4) is 5.75 Å². The number of nitro groups is 1. The zero-order valence-corrected chi connectivity index (χ0v) is 9.99. The van der Waals surface area contributed by atoms with E-state index in [0.717, 1.165) is 12.1 Å². The monoisotopic (exact) mass is 307 g/mol. The molecule has 0 aromatic heterocycles. The van der Waals surface area contributed by atoms with Crippen molar-refractivity contribution in [2.24, 2.45) is 10.2 Å². The largest absolute Gasteiger partial charge is 0.479 e. The van der Waals surface area contributed by atoms with Crippen LogP contribution in [0.4, 0.5) is 18.9 Å². The third-order valence-corrected chi connectivity index (χ3v) is 2.60. The lowest BCUT2D eigenvalue weighted by Gasteiger charge is -2.15. The van der Waals surface area contributed by atoms with Crippen LogP contribution >= 0.6 is 0 Å². The summed E-state index contributed by atoms with van der Waals surface area (Å²) in [6.45, 7) is -0.862. The number of nitro benzene ring substituents is 1. The minimum absolute atomic E-state index is 0.455. The molecule has 1 aliphatic rings. The van der Waals surface area contributed by atoms with Crippen molar-refractivity contribution in [1.29, 1.82) is 0 Å². The van der Waals surface area contributed by atoms with E-state index in [2.05, 4.69) is 15.0 Å². The average molecular weight is 307 g/mol. The van der Waals surface area contributed by atoms with Crippen LogP contribution in [0.2, 0.25) is 0 Å². The maximum atomic E-state index is 12.8. The van der Waals surface area contributed by atoms with Crippen LogP contribution in [0, 0.1) is 10.1 Å². The van der Waals surface area contributed by atoms with E-state index in [-0.39, 0.29) is 0 Å². The normalized spacial score (nSPS) is 15.6. The van der Waals surface area contributed by atoms with Crippen molar-refractivity contribution in [1.82, 2.24) is 0 Å². The summed E-state index contributed by atoms with van der Waals surface area (Å²) in [4.78, 5) is 20.2. The lowest BCUT2D eigenvalue weighted by molar-refractivity contribution is -0.385. The summed E-state index contributed by atoms with van der Waals surface area (Å²) < 4.78 is 43.1. The first-order valence-electron chi connectivity index (χ1n) is 5.32. The van der Waals surface area contributed by atoms with Crippen LogP contribution in [0.5, 0.6) is 5.75 Å². The zero-order valence-electron chi connectivity index (χ0n) is 9.99. The van der Waals surface area contributed by atoms with Crippen molar-refractivity contribution in [3.63, 3.8) is 0 Å². The van der Waals surface area contributed by atoms with Gasteiger partial charge in [-0.15, -0.1) is 10.2 Å². The molecule has 0 saturated heterocycles. The summed E-state index contributed by atoms with van der Waals surface area (Å²) in [6.07, 6.45) is -4.82. The van der Waals surface area contributed by atoms with Crippen LogP contribution < -0.4 is 4.74 Å². The zero-order chi connectivity index (χ0) is 15.8. The number of rotatable bonds is 5. The van der Waals surface area contributed by atoms with E-state index in [4.69, 9.17) is 5.11 Å². The van der Waals surface area contributed by atoms with E-state index in [1.165, 1.54) is 0 Å². The molecule has 0 bridgehead atoms. The molecule has 0 amide bonds. The second-order valence-electron chi connectivity index (χ2n) is 3.99. The maximum Gasteiger partial charge on any atom is 0.442 e. The van der Waals surface area contributed by atoms with E-state index in [0.29, 0.717) is 6.07 Å². The van der Waals surface area contributed by atoms with Crippen molar-refractivity contribution < 1.29 is 32.7 Å². The molecule has 0 saturated carbocycles. The van der Waals surface area contributed by atoms with Crippen LogP contribution in [0.25, 0.3) is 0 Å². The van der Waals surface area contributed by atoms with Crippen LogP contribution in [0.1, 0.15) is 5.56 Å². The average Bonchev–Trinajstić information content (AvgIpc) is 3.16. The van der Waals surface area contributed by atoms with E-state index in [9.17, 15) is 28.1 Å². The summed E-state index contributed by atoms with van der Waals surface area (Å²) in [5.41, 5.74) is -4.12. The Balaban J connectivity index is 2.38. The molecule has 8 nitrogen and oxygen atoms in total. The predicted molar refractivity (Wildman–Crippen MR) is 58.8 cm³/mol. The van der Waals surface area contributed by atoms with Gasteiger partial charge in [-0.3, -0.25) is 10.1 Å². The topological polar surface area (TPSA) is 114 Å². The van der Waals surface area contributed by atoms with Gasteiger partial charge in [0.05, 0.1) is 4.92 Å². The highest BCUT2D eigenvalue weighted by Crippen LogP contribution is 2.53. The Kier molecular flexibility index (Phi) is 3.27. The Morgan fingerprint density at radius 2 is 2.05 bits per heavy atom. The second kappa shape index (κ2) is 4.68. The Labute approximate surface area is 114 Å². The number of hydrogen-bond donors (Lipinski definition) is 1. The molecule has 1 N–H and O–H groups in total. The van der Waals surface area contributed by atoms with Crippen molar-refractivity contribution in [3.05, 3.63) is 33.9 Å². The number of benzene rings is 1. The molecule has 0 atom stereocenters. The molecule has 2 rings (SSSR count). The quantitative estimate of drug-likeness (QED) is 0.661. The number of aliphatic carboxylic acids is 1. The van der Waals surface area contributed by atoms with Gasteiger partial charge in [-0.2, -0.15) is 13.2 Å². The molecule has 112 valence electrons. The van der Waals surface area contributed by atoms with Crippen molar-refractivity contribution in [2.45, 2.75) is 11.8 Å². The van der Waals surface area contributed by atoms with Gasteiger partial charge >= 0.3 is 23.5 Å². The molecule has 1 aromatic rings. The highest BCUT2D eigenvalue weighted by Gasteiger charge is 2.65. The third-order valence-electron chi connectivity index (χ3n) is 2.60. The second-order valence-corrected chi connectivity index (χ2v) is 3.99. The molecule has 0 spiro atoms. The Morgan fingerprint density at radius 3 is 2.48 bits per heavy atom. The van der Waals surface area contributed by atoms with Gasteiger partial charge in [0.1, 0.15) is 0 Å². The van der Waals surface area contributed by atoms with Gasteiger partial charge in [0, 0.05) is 11.6 Å². The van der Waals surface area contributed by atoms with E-state index in [1.807, 2.05) is 0 Å². The first kappa shape index (κ1) is 14.7. The number of carbonyl (C=O) groups is 1. The summed E-state index contributed by atoms with van der Waals surface area (Å²) >= 11 is 0. The molecule has 1 aliphatic heterocycles. The lowest BCUT2D eigenvalue weighted by Crippen LogP contribution is -2.30. The molecule has 0 fully saturated rings. The standard InChI is InChI=1S/C10H6F3N3O5/c11-10(12,13)9(14-15-9)5-1-2-7(21-4-8(17)18)6(3-5)16(19)20/h1-3H,4H2,(H,17,18)/i8+2. The fourth-order valence-electron chi connectivity index (χ4n) is 1.58. The smallest absolute Gasteiger partial charge is 0.442 e. The summed E-state index contributed by atoms with van der Waals surface area (Å²) in [5.74, 6) is -1.84. The number of nitrogens with zero attached hydrogens (tertiary/aromatic N) is 3. The fraction of sp³-hybridized carbons (Fsp3) is 0.300. The highest BCUT2D eigenvalue weighted by molar-refractivity contribution is 5.68. The molecular formula is C10H6F3N3O5. The highest BCUT2D eigenvalue weighted by atomic mass is 19.4. The number of hydrogen-bond acceptors (Lipinski definition) is 6. The van der Waals surface area contributed by atoms with Gasteiger partial charge in [-0.05, 0) is 12.1 Å². The van der Waals surface area contributed by atoms with Gasteiger partial charge in [-0.25, -0.2) is 4.79 Å². The Bertz CT molecular complexity index is 637. The molecule has 0 radical (unpaired) electrons. The van der Waals surface area contributed by atoms with Gasteiger partial charge in [0.15, 0.2) is 12.4 Å². The van der Waals surface area contributed by atoms with Crippen LogP contribution in [0.3, 0.4) is 0 Å². The van der Waals surface area contributed by atoms with E-state index >= 15 is 0 Å². The molecular weight excluding hydrogens is 301 g/mol. The molecule has 0 aliphatic carbocycles. The SMILES string of the molecule is O=[14C](O)COc1ccc(C2(C(F)(F)F)N=N2)cc1[N+](=O)[O-]. The molecule has 0 unspecified atom stereocenters. The molecule has 1 aromatic carbocycles.